The highest BCUT2D eigenvalue weighted by molar-refractivity contribution is 7.12. The number of hydrogen-bond donors (Lipinski definition) is 1. The largest absolute Gasteiger partial charge is 0.482 e. The SMILES string of the molecule is Cc1sc(CN)nc1-c1nc(COc2ccccc2F)no1. The zero-order valence-electron chi connectivity index (χ0n) is 11.7. The number of benzene rings is 1. The van der Waals surface area contributed by atoms with Crippen LogP contribution in [0.2, 0.25) is 0 Å². The van der Waals surface area contributed by atoms with Gasteiger partial charge in [0.05, 0.1) is 0 Å². The molecule has 0 radical (unpaired) electrons. The number of thiazole rings is 1. The average Bonchev–Trinajstić information content (AvgIpc) is 3.12. The summed E-state index contributed by atoms with van der Waals surface area (Å²) in [6.45, 7) is 2.28. The summed E-state index contributed by atoms with van der Waals surface area (Å²) in [5, 5.41) is 4.61. The van der Waals surface area contributed by atoms with Crippen LogP contribution in [-0.2, 0) is 13.2 Å². The molecule has 0 atom stereocenters. The minimum atomic E-state index is -0.436. The maximum atomic E-state index is 13.4. The summed E-state index contributed by atoms with van der Waals surface area (Å²) < 4.78 is 24.0. The number of nitrogens with two attached hydrogens (primary N) is 1. The van der Waals surface area contributed by atoms with Crippen molar-refractivity contribution in [3.8, 4) is 17.3 Å². The standard InChI is InChI=1S/C14H13FN4O2S/c1-8-13(18-12(6-16)22-8)14-17-11(19-21-14)7-20-10-5-3-2-4-9(10)15/h2-5H,6-7,16H2,1H3. The van der Waals surface area contributed by atoms with Gasteiger partial charge in [-0.05, 0) is 19.1 Å². The highest BCUT2D eigenvalue weighted by Crippen LogP contribution is 2.26. The minimum Gasteiger partial charge on any atom is -0.482 e. The first kappa shape index (κ1) is 14.6. The molecule has 2 heterocycles. The van der Waals surface area contributed by atoms with Gasteiger partial charge < -0.3 is 15.0 Å². The van der Waals surface area contributed by atoms with Crippen molar-refractivity contribution in [1.82, 2.24) is 15.1 Å². The topological polar surface area (TPSA) is 87.1 Å². The third kappa shape index (κ3) is 2.97. The van der Waals surface area contributed by atoms with Crippen LogP contribution in [0, 0.1) is 12.7 Å². The van der Waals surface area contributed by atoms with E-state index >= 15 is 0 Å². The number of nitrogens with zero attached hydrogens (tertiary/aromatic N) is 3. The van der Waals surface area contributed by atoms with Gasteiger partial charge in [0.15, 0.2) is 18.2 Å². The Balaban J connectivity index is 1.74. The summed E-state index contributed by atoms with van der Waals surface area (Å²) in [7, 11) is 0. The van der Waals surface area contributed by atoms with E-state index in [2.05, 4.69) is 15.1 Å². The molecule has 0 saturated heterocycles. The van der Waals surface area contributed by atoms with E-state index in [1.165, 1.54) is 23.5 Å². The molecular weight excluding hydrogens is 307 g/mol. The second kappa shape index (κ2) is 6.20. The molecular formula is C14H13FN4O2S. The molecule has 0 aliphatic carbocycles. The van der Waals surface area contributed by atoms with Gasteiger partial charge >= 0.3 is 0 Å². The molecule has 3 aromatic rings. The Hall–Kier alpha value is -2.32. The minimum absolute atomic E-state index is 0.0113. The lowest BCUT2D eigenvalue weighted by molar-refractivity contribution is 0.274. The van der Waals surface area contributed by atoms with Crippen molar-refractivity contribution < 1.29 is 13.7 Å². The molecule has 22 heavy (non-hydrogen) atoms. The van der Waals surface area contributed by atoms with Gasteiger partial charge in [0.2, 0.25) is 5.82 Å². The van der Waals surface area contributed by atoms with Crippen LogP contribution < -0.4 is 10.5 Å². The van der Waals surface area contributed by atoms with E-state index in [9.17, 15) is 4.39 Å². The van der Waals surface area contributed by atoms with Crippen molar-refractivity contribution >= 4 is 11.3 Å². The van der Waals surface area contributed by atoms with E-state index in [1.807, 2.05) is 6.92 Å². The molecule has 2 aromatic heterocycles. The Morgan fingerprint density at radius 1 is 1.32 bits per heavy atom. The van der Waals surface area contributed by atoms with E-state index in [-0.39, 0.29) is 12.4 Å². The van der Waals surface area contributed by atoms with E-state index in [4.69, 9.17) is 15.0 Å². The fourth-order valence-corrected chi connectivity index (χ4v) is 2.65. The van der Waals surface area contributed by atoms with Crippen molar-refractivity contribution in [3.63, 3.8) is 0 Å². The average molecular weight is 320 g/mol. The Labute approximate surface area is 129 Å². The Bertz CT molecular complexity index is 787. The Kier molecular flexibility index (Phi) is 4.12. The zero-order valence-corrected chi connectivity index (χ0v) is 12.6. The van der Waals surface area contributed by atoms with Crippen LogP contribution in [0.4, 0.5) is 4.39 Å². The number of ether oxygens (including phenoxy) is 1. The van der Waals surface area contributed by atoms with Crippen LogP contribution in [0.5, 0.6) is 5.75 Å². The van der Waals surface area contributed by atoms with Crippen molar-refractivity contribution in [2.75, 3.05) is 0 Å². The molecule has 6 nitrogen and oxygen atoms in total. The number of halogens is 1. The van der Waals surface area contributed by atoms with Gasteiger partial charge in [-0.3, -0.25) is 0 Å². The third-order valence-corrected chi connectivity index (χ3v) is 3.87. The molecule has 0 spiro atoms. The summed E-state index contributed by atoms with van der Waals surface area (Å²) in [4.78, 5) is 9.50. The fourth-order valence-electron chi connectivity index (χ4n) is 1.85. The van der Waals surface area contributed by atoms with Crippen LogP contribution in [0.25, 0.3) is 11.6 Å². The molecule has 0 unspecified atom stereocenters. The maximum Gasteiger partial charge on any atom is 0.277 e. The molecule has 114 valence electrons. The van der Waals surface area contributed by atoms with E-state index in [0.29, 0.717) is 24.0 Å². The van der Waals surface area contributed by atoms with Crippen LogP contribution in [0.15, 0.2) is 28.8 Å². The second-order valence-corrected chi connectivity index (χ2v) is 5.74. The lowest BCUT2D eigenvalue weighted by Crippen LogP contribution is -1.99. The maximum absolute atomic E-state index is 13.4. The van der Waals surface area contributed by atoms with Gasteiger partial charge in [0.25, 0.3) is 5.89 Å². The first-order chi connectivity index (χ1) is 10.7. The quantitative estimate of drug-likeness (QED) is 0.777. The predicted octanol–water partition coefficient (Wildman–Crippen LogP) is 2.68. The predicted molar refractivity (Wildman–Crippen MR) is 78.8 cm³/mol. The number of aryl methyl sites for hydroxylation is 1. The smallest absolute Gasteiger partial charge is 0.277 e. The molecule has 0 saturated carbocycles. The van der Waals surface area contributed by atoms with Crippen molar-refractivity contribution in [3.05, 3.63) is 45.8 Å². The summed E-state index contributed by atoms with van der Waals surface area (Å²) >= 11 is 1.49. The molecule has 0 fully saturated rings. The molecule has 3 rings (SSSR count). The highest BCUT2D eigenvalue weighted by Gasteiger charge is 2.16. The molecule has 0 amide bonds. The summed E-state index contributed by atoms with van der Waals surface area (Å²) in [5.41, 5.74) is 6.19. The first-order valence-electron chi connectivity index (χ1n) is 6.54. The van der Waals surface area contributed by atoms with Crippen molar-refractivity contribution in [1.29, 1.82) is 0 Å². The molecule has 0 bridgehead atoms. The van der Waals surface area contributed by atoms with E-state index in [0.717, 1.165) is 9.88 Å². The van der Waals surface area contributed by atoms with Crippen LogP contribution in [0.3, 0.4) is 0 Å². The Morgan fingerprint density at radius 2 is 2.14 bits per heavy atom. The van der Waals surface area contributed by atoms with Crippen LogP contribution >= 0.6 is 11.3 Å². The first-order valence-corrected chi connectivity index (χ1v) is 7.35. The summed E-state index contributed by atoms with van der Waals surface area (Å²) in [6.07, 6.45) is 0. The van der Waals surface area contributed by atoms with Gasteiger partial charge in [-0.2, -0.15) is 4.98 Å². The molecule has 8 heteroatoms. The highest BCUT2D eigenvalue weighted by atomic mass is 32.1. The van der Waals surface area contributed by atoms with Gasteiger partial charge in [-0.25, -0.2) is 9.37 Å². The lowest BCUT2D eigenvalue weighted by Gasteiger charge is -2.03. The Morgan fingerprint density at radius 3 is 2.86 bits per heavy atom. The second-order valence-electron chi connectivity index (χ2n) is 4.45. The van der Waals surface area contributed by atoms with Crippen molar-refractivity contribution in [2.24, 2.45) is 5.73 Å². The van der Waals surface area contributed by atoms with Gasteiger partial charge in [-0.15, -0.1) is 11.3 Å². The van der Waals surface area contributed by atoms with Crippen molar-refractivity contribution in [2.45, 2.75) is 20.1 Å². The number of para-hydroxylation sites is 1. The monoisotopic (exact) mass is 320 g/mol. The summed E-state index contributed by atoms with van der Waals surface area (Å²) in [5.74, 6) is 0.332. The number of hydrogen-bond acceptors (Lipinski definition) is 7. The molecule has 1 aromatic carbocycles. The zero-order chi connectivity index (χ0) is 15.5. The normalized spacial score (nSPS) is 10.9. The molecule has 0 aliphatic heterocycles. The van der Waals surface area contributed by atoms with Gasteiger partial charge in [0.1, 0.15) is 10.7 Å². The van der Waals surface area contributed by atoms with Gasteiger partial charge in [-0.1, -0.05) is 17.3 Å². The fraction of sp³-hybridized carbons (Fsp3) is 0.214. The van der Waals surface area contributed by atoms with Crippen LogP contribution in [0.1, 0.15) is 15.7 Å². The number of rotatable bonds is 5. The van der Waals surface area contributed by atoms with E-state index in [1.54, 1.807) is 12.1 Å². The molecule has 2 N–H and O–H groups in total. The van der Waals surface area contributed by atoms with Crippen LogP contribution in [-0.4, -0.2) is 15.1 Å². The molecule has 0 aliphatic rings. The summed E-state index contributed by atoms with van der Waals surface area (Å²) in [6, 6.07) is 6.14. The third-order valence-electron chi connectivity index (χ3n) is 2.88. The lowest BCUT2D eigenvalue weighted by atomic mass is 10.3. The van der Waals surface area contributed by atoms with E-state index < -0.39 is 5.82 Å². The van der Waals surface area contributed by atoms with Gasteiger partial charge in [0, 0.05) is 11.4 Å². The number of aromatic nitrogens is 3.